The minimum Gasteiger partial charge on any atom is -0.398 e. The van der Waals surface area contributed by atoms with Crippen molar-refractivity contribution in [3.8, 4) is 0 Å². The first-order valence-electron chi connectivity index (χ1n) is 6.05. The number of nitrogens with two attached hydrogens (primary N) is 1. The summed E-state index contributed by atoms with van der Waals surface area (Å²) in [5, 5.41) is -0.0540. The van der Waals surface area contributed by atoms with E-state index >= 15 is 0 Å². The number of nitrogens with one attached hydrogen (secondary N) is 1. The van der Waals surface area contributed by atoms with Crippen molar-refractivity contribution in [2.24, 2.45) is 0 Å². The van der Waals surface area contributed by atoms with Crippen LogP contribution in [0.4, 0.5) is 15.8 Å². The number of rotatable bonds is 3. The highest BCUT2D eigenvalue weighted by molar-refractivity contribution is 7.92. The number of benzene rings is 2. The van der Waals surface area contributed by atoms with Crippen LogP contribution in [0.15, 0.2) is 35.2 Å². The van der Waals surface area contributed by atoms with Gasteiger partial charge in [-0.3, -0.25) is 4.72 Å². The molecule has 0 saturated carbocycles. The van der Waals surface area contributed by atoms with Gasteiger partial charge < -0.3 is 5.73 Å². The Balaban J connectivity index is 2.47. The van der Waals surface area contributed by atoms with Gasteiger partial charge in [0.25, 0.3) is 10.0 Å². The molecular weight excluding hydrogens is 315 g/mol. The topological polar surface area (TPSA) is 72.2 Å². The zero-order valence-electron chi connectivity index (χ0n) is 11.4. The van der Waals surface area contributed by atoms with Crippen LogP contribution in [0.1, 0.15) is 11.1 Å². The Morgan fingerprint density at radius 2 is 1.81 bits per heavy atom. The monoisotopic (exact) mass is 328 g/mol. The molecule has 0 radical (unpaired) electrons. The zero-order chi connectivity index (χ0) is 15.8. The lowest BCUT2D eigenvalue weighted by Crippen LogP contribution is -2.15. The molecule has 2 aromatic carbocycles. The van der Waals surface area contributed by atoms with E-state index in [1.54, 1.807) is 13.0 Å². The van der Waals surface area contributed by atoms with E-state index in [0.717, 1.165) is 17.7 Å². The van der Waals surface area contributed by atoms with Crippen molar-refractivity contribution in [2.75, 3.05) is 10.5 Å². The van der Waals surface area contributed by atoms with Crippen molar-refractivity contribution in [2.45, 2.75) is 18.7 Å². The molecule has 7 heteroatoms. The Morgan fingerprint density at radius 3 is 2.48 bits per heavy atom. The molecule has 2 aromatic rings. The number of anilines is 2. The smallest absolute Gasteiger partial charge is 0.263 e. The number of hydrogen-bond acceptors (Lipinski definition) is 3. The normalized spacial score (nSPS) is 11.4. The zero-order valence-corrected chi connectivity index (χ0v) is 13.0. The van der Waals surface area contributed by atoms with E-state index in [2.05, 4.69) is 4.72 Å². The molecule has 0 heterocycles. The lowest BCUT2D eigenvalue weighted by Gasteiger charge is -2.13. The fourth-order valence-electron chi connectivity index (χ4n) is 1.86. The lowest BCUT2D eigenvalue weighted by atomic mass is 10.1. The van der Waals surface area contributed by atoms with Gasteiger partial charge >= 0.3 is 0 Å². The molecule has 0 aliphatic rings. The molecular formula is C14H14ClFN2O2S. The van der Waals surface area contributed by atoms with Crippen LogP contribution in [0, 0.1) is 19.7 Å². The number of hydrogen-bond donors (Lipinski definition) is 2. The molecule has 112 valence electrons. The van der Waals surface area contributed by atoms with Gasteiger partial charge in [-0.2, -0.15) is 0 Å². The second-order valence-electron chi connectivity index (χ2n) is 4.70. The first-order valence-corrected chi connectivity index (χ1v) is 7.91. The SMILES string of the molecule is Cc1cc(C)c(NS(=O)(=O)c2cc(F)ccc2Cl)cc1N. The molecule has 0 spiro atoms. The number of halogens is 2. The summed E-state index contributed by atoms with van der Waals surface area (Å²) in [4.78, 5) is -0.317. The van der Waals surface area contributed by atoms with E-state index in [9.17, 15) is 12.8 Å². The lowest BCUT2D eigenvalue weighted by molar-refractivity contribution is 0.595. The molecule has 0 saturated heterocycles. The largest absolute Gasteiger partial charge is 0.398 e. The van der Waals surface area contributed by atoms with Crippen LogP contribution < -0.4 is 10.5 Å². The molecule has 0 amide bonds. The van der Waals surface area contributed by atoms with Gasteiger partial charge in [0.2, 0.25) is 0 Å². The highest BCUT2D eigenvalue weighted by atomic mass is 35.5. The van der Waals surface area contributed by atoms with Gasteiger partial charge in [-0.25, -0.2) is 12.8 Å². The third kappa shape index (κ3) is 3.28. The molecule has 0 atom stereocenters. The van der Waals surface area contributed by atoms with Crippen LogP contribution in [0.5, 0.6) is 0 Å². The Bertz CT molecular complexity index is 807. The maximum atomic E-state index is 13.2. The van der Waals surface area contributed by atoms with E-state index in [1.165, 1.54) is 12.1 Å². The molecule has 0 aromatic heterocycles. The highest BCUT2D eigenvalue weighted by Gasteiger charge is 2.20. The van der Waals surface area contributed by atoms with E-state index in [0.29, 0.717) is 16.9 Å². The van der Waals surface area contributed by atoms with E-state index in [-0.39, 0.29) is 9.92 Å². The molecule has 0 aliphatic heterocycles. The van der Waals surface area contributed by atoms with Gasteiger partial charge in [0, 0.05) is 5.69 Å². The van der Waals surface area contributed by atoms with Crippen LogP contribution in [0.25, 0.3) is 0 Å². The molecule has 0 aliphatic carbocycles. The summed E-state index contributed by atoms with van der Waals surface area (Å²) in [6, 6.07) is 6.45. The summed E-state index contributed by atoms with van der Waals surface area (Å²) in [6.07, 6.45) is 0. The summed E-state index contributed by atoms with van der Waals surface area (Å²) in [6.45, 7) is 3.57. The van der Waals surface area contributed by atoms with E-state index in [4.69, 9.17) is 17.3 Å². The summed E-state index contributed by atoms with van der Waals surface area (Å²) in [5.74, 6) is -0.681. The molecule has 3 N–H and O–H groups in total. The second-order valence-corrected chi connectivity index (χ2v) is 6.76. The van der Waals surface area contributed by atoms with Crippen molar-refractivity contribution in [1.82, 2.24) is 0 Å². The molecule has 0 fully saturated rings. The Hall–Kier alpha value is -1.79. The summed E-state index contributed by atoms with van der Waals surface area (Å²) in [7, 11) is -4.00. The standard InChI is InChI=1S/C14H14ClFN2O2S/c1-8-5-9(2)13(7-12(8)17)18-21(19,20)14-6-10(16)3-4-11(14)15/h3-7,18H,17H2,1-2H3. The third-order valence-electron chi connectivity index (χ3n) is 3.04. The first kappa shape index (κ1) is 15.6. The average Bonchev–Trinajstić information content (AvgIpc) is 2.38. The van der Waals surface area contributed by atoms with E-state index < -0.39 is 15.8 Å². The van der Waals surface area contributed by atoms with Crippen molar-refractivity contribution in [3.05, 3.63) is 52.3 Å². The van der Waals surface area contributed by atoms with Crippen LogP contribution in [0.2, 0.25) is 5.02 Å². The second kappa shape index (κ2) is 5.54. The van der Waals surface area contributed by atoms with Crippen molar-refractivity contribution in [1.29, 1.82) is 0 Å². The minimum absolute atomic E-state index is 0.0540. The molecule has 21 heavy (non-hydrogen) atoms. The van der Waals surface area contributed by atoms with Crippen molar-refractivity contribution in [3.63, 3.8) is 0 Å². The van der Waals surface area contributed by atoms with Crippen molar-refractivity contribution < 1.29 is 12.8 Å². The molecule has 4 nitrogen and oxygen atoms in total. The van der Waals surface area contributed by atoms with Crippen LogP contribution in [0.3, 0.4) is 0 Å². The number of aryl methyl sites for hydroxylation is 2. The van der Waals surface area contributed by atoms with Crippen LogP contribution in [-0.2, 0) is 10.0 Å². The fraction of sp³-hybridized carbons (Fsp3) is 0.143. The maximum absolute atomic E-state index is 13.2. The van der Waals surface area contributed by atoms with Gasteiger partial charge in [0.15, 0.2) is 0 Å². The average molecular weight is 329 g/mol. The van der Waals surface area contributed by atoms with E-state index in [1.807, 2.05) is 6.92 Å². The highest BCUT2D eigenvalue weighted by Crippen LogP contribution is 2.28. The third-order valence-corrected chi connectivity index (χ3v) is 4.89. The Kier molecular flexibility index (Phi) is 4.11. The van der Waals surface area contributed by atoms with Gasteiger partial charge in [-0.1, -0.05) is 17.7 Å². The maximum Gasteiger partial charge on any atom is 0.263 e. The quantitative estimate of drug-likeness (QED) is 0.847. The van der Waals surface area contributed by atoms with Crippen LogP contribution in [-0.4, -0.2) is 8.42 Å². The fourth-order valence-corrected chi connectivity index (χ4v) is 3.50. The minimum atomic E-state index is -4.00. The number of nitrogen functional groups attached to an aromatic ring is 1. The Labute approximate surface area is 127 Å². The van der Waals surface area contributed by atoms with Crippen LogP contribution >= 0.6 is 11.6 Å². The first-order chi connectivity index (χ1) is 9.70. The molecule has 0 bridgehead atoms. The Morgan fingerprint density at radius 1 is 1.14 bits per heavy atom. The number of sulfonamides is 1. The predicted molar refractivity (Wildman–Crippen MR) is 82.5 cm³/mol. The molecule has 0 unspecified atom stereocenters. The van der Waals surface area contributed by atoms with Gasteiger partial charge in [0.05, 0.1) is 10.7 Å². The summed E-state index contributed by atoms with van der Waals surface area (Å²) >= 11 is 5.83. The summed E-state index contributed by atoms with van der Waals surface area (Å²) < 4.78 is 40.3. The van der Waals surface area contributed by atoms with Gasteiger partial charge in [-0.15, -0.1) is 0 Å². The predicted octanol–water partition coefficient (Wildman–Crippen LogP) is 3.48. The van der Waals surface area contributed by atoms with Gasteiger partial charge in [0.1, 0.15) is 10.7 Å². The molecule has 2 rings (SSSR count). The summed E-state index contributed by atoms with van der Waals surface area (Å²) in [5.41, 5.74) is 8.13. The van der Waals surface area contributed by atoms with Crippen molar-refractivity contribution >= 4 is 33.0 Å². The van der Waals surface area contributed by atoms with Gasteiger partial charge in [-0.05, 0) is 49.2 Å².